The fourth-order valence-corrected chi connectivity index (χ4v) is 2.61. The molecule has 2 aromatic rings. The molecule has 0 aliphatic carbocycles. The molecule has 0 aliphatic rings. The van der Waals surface area contributed by atoms with Crippen LogP contribution in [0.25, 0.3) is 5.57 Å². The highest BCUT2D eigenvalue weighted by Crippen LogP contribution is 2.21. The van der Waals surface area contributed by atoms with Crippen molar-refractivity contribution in [2.24, 2.45) is 0 Å². The van der Waals surface area contributed by atoms with Gasteiger partial charge in [0.2, 0.25) is 0 Å². The maximum Gasteiger partial charge on any atom is 0.0402 e. The number of benzene rings is 2. The van der Waals surface area contributed by atoms with Crippen molar-refractivity contribution >= 4 is 19.5 Å². The lowest BCUT2D eigenvalue weighted by atomic mass is 10.00. The minimum Gasteiger partial charge on any atom is -0.397 e. The van der Waals surface area contributed by atoms with E-state index in [1.54, 1.807) is 6.92 Å². The molecule has 0 saturated carbocycles. The van der Waals surface area contributed by atoms with Crippen LogP contribution in [-0.2, 0) is 0 Å². The van der Waals surface area contributed by atoms with Crippen LogP contribution in [0.1, 0.15) is 25.0 Å². The first-order valence-corrected chi connectivity index (χ1v) is 8.13. The predicted octanol–water partition coefficient (Wildman–Crippen LogP) is 4.07. The highest BCUT2D eigenvalue weighted by atomic mass is 31.1. The lowest BCUT2D eigenvalue weighted by molar-refractivity contribution is 0.318. The Kier molecular flexibility index (Phi) is 7.87. The second-order valence-electron chi connectivity index (χ2n) is 4.27. The summed E-state index contributed by atoms with van der Waals surface area (Å²) in [6.45, 7) is 8.32. The highest BCUT2D eigenvalue weighted by molar-refractivity contribution is 7.47. The molecular formula is C18H23OP. The summed E-state index contributed by atoms with van der Waals surface area (Å²) in [4.78, 5) is 0. The number of hydrogen-bond acceptors (Lipinski definition) is 1. The molecule has 0 bridgehead atoms. The van der Waals surface area contributed by atoms with E-state index in [0.29, 0.717) is 0 Å². The van der Waals surface area contributed by atoms with Crippen LogP contribution in [0.4, 0.5) is 0 Å². The van der Waals surface area contributed by atoms with Crippen molar-refractivity contribution in [2.75, 3.05) is 12.8 Å². The minimum absolute atomic E-state index is 0.250. The van der Waals surface area contributed by atoms with Gasteiger partial charge < -0.3 is 5.11 Å². The summed E-state index contributed by atoms with van der Waals surface area (Å²) in [5.41, 5.74) is 3.50. The van der Waals surface area contributed by atoms with Crippen LogP contribution in [0, 0.1) is 0 Å². The van der Waals surface area contributed by atoms with Gasteiger partial charge in [0, 0.05) is 6.61 Å². The van der Waals surface area contributed by atoms with E-state index in [1.165, 1.54) is 22.6 Å². The number of hydrogen-bond donors (Lipinski definition) is 1. The normalized spacial score (nSPS) is 10.2. The lowest BCUT2D eigenvalue weighted by Gasteiger charge is -2.07. The molecule has 0 fully saturated rings. The molecule has 106 valence electrons. The van der Waals surface area contributed by atoms with Crippen LogP contribution in [0.15, 0.2) is 61.2 Å². The summed E-state index contributed by atoms with van der Waals surface area (Å²) in [5.74, 6) is 0. The van der Waals surface area contributed by atoms with Gasteiger partial charge in [-0.15, -0.1) is 0 Å². The van der Waals surface area contributed by atoms with Gasteiger partial charge in [0.15, 0.2) is 0 Å². The van der Waals surface area contributed by atoms with Gasteiger partial charge in [0.1, 0.15) is 0 Å². The molecule has 1 N–H and O–H groups in total. The van der Waals surface area contributed by atoms with Crippen LogP contribution in [0.5, 0.6) is 0 Å². The quantitative estimate of drug-likeness (QED) is 0.840. The summed E-state index contributed by atoms with van der Waals surface area (Å²) in [6.07, 6.45) is 1.22. The molecule has 0 spiro atoms. The molecule has 2 rings (SSSR count). The zero-order valence-electron chi connectivity index (χ0n) is 12.3. The van der Waals surface area contributed by atoms with Gasteiger partial charge in [0.05, 0.1) is 0 Å². The van der Waals surface area contributed by atoms with Crippen LogP contribution in [0.3, 0.4) is 0 Å². The first-order chi connectivity index (χ1) is 9.72. The zero-order valence-corrected chi connectivity index (χ0v) is 13.3. The molecule has 0 heterocycles. The van der Waals surface area contributed by atoms with Gasteiger partial charge in [-0.1, -0.05) is 76.7 Å². The van der Waals surface area contributed by atoms with E-state index < -0.39 is 0 Å². The van der Waals surface area contributed by atoms with Gasteiger partial charge >= 0.3 is 0 Å². The van der Waals surface area contributed by atoms with E-state index in [9.17, 15) is 0 Å². The Morgan fingerprint density at radius 3 is 1.95 bits per heavy atom. The first kappa shape index (κ1) is 16.6. The van der Waals surface area contributed by atoms with E-state index >= 15 is 0 Å². The third-order valence-electron chi connectivity index (χ3n) is 2.74. The molecule has 0 aliphatic heterocycles. The maximum atomic E-state index is 7.57. The van der Waals surface area contributed by atoms with E-state index in [2.05, 4.69) is 49.9 Å². The SMILES string of the molecule is C=C(c1ccccc1)c1ccc(PCC)cc1.CCO. The second kappa shape index (κ2) is 9.47. The summed E-state index contributed by atoms with van der Waals surface area (Å²) in [7, 11) is 0.914. The summed E-state index contributed by atoms with van der Waals surface area (Å²) in [6, 6.07) is 19.1. The van der Waals surface area contributed by atoms with Crippen LogP contribution < -0.4 is 5.30 Å². The largest absolute Gasteiger partial charge is 0.397 e. The van der Waals surface area contributed by atoms with Gasteiger partial charge in [-0.25, -0.2) is 0 Å². The summed E-state index contributed by atoms with van der Waals surface area (Å²) in [5, 5.41) is 9.00. The Morgan fingerprint density at radius 1 is 0.950 bits per heavy atom. The zero-order chi connectivity index (χ0) is 14.8. The van der Waals surface area contributed by atoms with E-state index in [-0.39, 0.29) is 6.61 Å². The van der Waals surface area contributed by atoms with Crippen LogP contribution in [0.2, 0.25) is 0 Å². The number of aliphatic hydroxyl groups is 1. The van der Waals surface area contributed by atoms with Crippen molar-refractivity contribution in [3.8, 4) is 0 Å². The molecule has 1 nitrogen and oxygen atoms in total. The minimum atomic E-state index is 0.250. The molecule has 0 aromatic heterocycles. The van der Waals surface area contributed by atoms with E-state index in [1.807, 2.05) is 18.2 Å². The predicted molar refractivity (Wildman–Crippen MR) is 92.3 cm³/mol. The summed E-state index contributed by atoms with van der Waals surface area (Å²) < 4.78 is 0. The third-order valence-corrected chi connectivity index (χ3v) is 3.83. The standard InChI is InChI=1S/C16H17P.C2H6O/c1-3-17-16-11-9-15(10-12-16)13(2)14-7-5-4-6-8-14;1-2-3/h4-12,17H,2-3H2,1H3;3H,2H2,1H3. The number of rotatable bonds is 4. The molecule has 1 unspecified atom stereocenters. The van der Waals surface area contributed by atoms with Gasteiger partial charge in [-0.2, -0.15) is 0 Å². The number of aliphatic hydroxyl groups excluding tert-OH is 1. The van der Waals surface area contributed by atoms with Crippen molar-refractivity contribution in [3.63, 3.8) is 0 Å². The van der Waals surface area contributed by atoms with Gasteiger partial charge in [-0.3, -0.25) is 0 Å². The Hall–Kier alpha value is -1.43. The highest BCUT2D eigenvalue weighted by Gasteiger charge is 2.01. The fraction of sp³-hybridized carbons (Fsp3) is 0.222. The first-order valence-electron chi connectivity index (χ1n) is 6.92. The Morgan fingerprint density at radius 2 is 1.45 bits per heavy atom. The smallest absolute Gasteiger partial charge is 0.0402 e. The van der Waals surface area contributed by atoms with E-state index in [4.69, 9.17) is 5.11 Å². The van der Waals surface area contributed by atoms with Gasteiger partial charge in [0.25, 0.3) is 0 Å². The molecule has 0 radical (unpaired) electrons. The average Bonchev–Trinajstić information content (AvgIpc) is 2.49. The van der Waals surface area contributed by atoms with Crippen LogP contribution in [-0.4, -0.2) is 17.9 Å². The van der Waals surface area contributed by atoms with Crippen LogP contribution >= 0.6 is 8.58 Å². The van der Waals surface area contributed by atoms with Crippen molar-refractivity contribution in [1.29, 1.82) is 0 Å². The average molecular weight is 286 g/mol. The fourth-order valence-electron chi connectivity index (χ4n) is 1.80. The van der Waals surface area contributed by atoms with Crippen molar-refractivity contribution in [2.45, 2.75) is 13.8 Å². The Bertz CT molecular complexity index is 503. The topological polar surface area (TPSA) is 20.2 Å². The van der Waals surface area contributed by atoms with Crippen molar-refractivity contribution in [3.05, 3.63) is 72.3 Å². The molecule has 2 aromatic carbocycles. The Balaban J connectivity index is 0.000000612. The summed E-state index contributed by atoms with van der Waals surface area (Å²) >= 11 is 0. The maximum absolute atomic E-state index is 7.57. The van der Waals surface area contributed by atoms with Crippen molar-refractivity contribution < 1.29 is 5.11 Å². The molecule has 0 saturated heterocycles. The van der Waals surface area contributed by atoms with E-state index in [0.717, 1.165) is 14.2 Å². The molecular weight excluding hydrogens is 263 g/mol. The molecule has 20 heavy (non-hydrogen) atoms. The third kappa shape index (κ3) is 5.28. The molecule has 0 amide bonds. The second-order valence-corrected chi connectivity index (χ2v) is 5.91. The molecule has 1 atom stereocenters. The molecule has 2 heteroatoms. The monoisotopic (exact) mass is 286 g/mol. The lowest BCUT2D eigenvalue weighted by Crippen LogP contribution is -1.95. The van der Waals surface area contributed by atoms with Gasteiger partial charge in [-0.05, 0) is 35.1 Å². The Labute approximate surface area is 124 Å². The van der Waals surface area contributed by atoms with Crippen molar-refractivity contribution in [1.82, 2.24) is 0 Å².